The van der Waals surface area contributed by atoms with Crippen LogP contribution in [0.15, 0.2) is 71.9 Å². The Balaban J connectivity index is 1.72. The summed E-state index contributed by atoms with van der Waals surface area (Å²) in [5, 5.41) is 4.79. The summed E-state index contributed by atoms with van der Waals surface area (Å²) in [6, 6.07) is 10.6. The van der Waals surface area contributed by atoms with Crippen LogP contribution in [0, 0.1) is 0 Å². The number of carbonyl (C=O) groups excluding carboxylic acids is 1. The lowest BCUT2D eigenvalue weighted by atomic mass is 10.2. The van der Waals surface area contributed by atoms with Crippen molar-refractivity contribution in [2.24, 2.45) is 0 Å². The van der Waals surface area contributed by atoms with Crippen LogP contribution < -0.4 is 15.4 Å². The molecule has 0 aliphatic carbocycles. The van der Waals surface area contributed by atoms with Gasteiger partial charge >= 0.3 is 12.2 Å². The molecular weight excluding hydrogens is 469 g/mol. The Morgan fingerprint density at radius 3 is 2.47 bits per heavy atom. The van der Waals surface area contributed by atoms with Crippen molar-refractivity contribution in [1.82, 2.24) is 10.3 Å². The Morgan fingerprint density at radius 2 is 1.78 bits per heavy atom. The molecule has 0 fully saturated rings. The first-order valence-corrected chi connectivity index (χ1v) is 10.8. The third-order valence-corrected chi connectivity index (χ3v) is 5.96. The Labute approximate surface area is 186 Å². The molecule has 168 valence electrons. The predicted octanol–water partition coefficient (Wildman–Crippen LogP) is 4.88. The van der Waals surface area contributed by atoms with Gasteiger partial charge in [0.05, 0.1) is 16.3 Å². The van der Waals surface area contributed by atoms with Gasteiger partial charge in [0.2, 0.25) is 0 Å². The molecule has 0 aliphatic rings. The van der Waals surface area contributed by atoms with Gasteiger partial charge in [-0.25, -0.2) is 13.2 Å². The van der Waals surface area contributed by atoms with Crippen LogP contribution in [0.5, 0.6) is 0 Å². The number of anilines is 2. The summed E-state index contributed by atoms with van der Waals surface area (Å²) in [6.45, 7) is 0.222. The summed E-state index contributed by atoms with van der Waals surface area (Å²) in [7, 11) is -4.44. The van der Waals surface area contributed by atoms with Crippen molar-refractivity contribution in [3.8, 4) is 0 Å². The molecule has 0 aliphatic heterocycles. The van der Waals surface area contributed by atoms with E-state index >= 15 is 0 Å². The van der Waals surface area contributed by atoms with E-state index in [1.807, 2.05) is 0 Å². The molecule has 0 radical (unpaired) electrons. The Hall–Kier alpha value is -3.31. The molecule has 12 heteroatoms. The van der Waals surface area contributed by atoms with Crippen LogP contribution >= 0.6 is 11.6 Å². The van der Waals surface area contributed by atoms with Crippen LogP contribution in [0.2, 0.25) is 5.02 Å². The normalized spacial score (nSPS) is 11.6. The van der Waals surface area contributed by atoms with E-state index < -0.39 is 32.7 Å². The fourth-order valence-corrected chi connectivity index (χ4v) is 4.19. The van der Waals surface area contributed by atoms with Crippen LogP contribution in [-0.2, 0) is 22.7 Å². The van der Waals surface area contributed by atoms with E-state index in [2.05, 4.69) is 20.3 Å². The summed E-state index contributed by atoms with van der Waals surface area (Å²) < 4.78 is 66.3. The van der Waals surface area contributed by atoms with Crippen molar-refractivity contribution in [3.05, 3.63) is 83.1 Å². The molecule has 32 heavy (non-hydrogen) atoms. The molecule has 0 spiro atoms. The third kappa shape index (κ3) is 6.11. The first kappa shape index (κ1) is 23.4. The quantitative estimate of drug-likeness (QED) is 0.464. The second kappa shape index (κ2) is 9.45. The number of amides is 2. The van der Waals surface area contributed by atoms with Gasteiger partial charge in [-0.1, -0.05) is 23.7 Å². The van der Waals surface area contributed by atoms with Crippen LogP contribution in [0.4, 0.5) is 29.3 Å². The van der Waals surface area contributed by atoms with Crippen molar-refractivity contribution < 1.29 is 26.4 Å². The number of rotatable bonds is 6. The van der Waals surface area contributed by atoms with Crippen LogP contribution in [0.3, 0.4) is 0 Å². The van der Waals surface area contributed by atoms with Gasteiger partial charge in [0.15, 0.2) is 0 Å². The minimum absolute atomic E-state index is 0.0172. The van der Waals surface area contributed by atoms with E-state index in [0.717, 1.165) is 11.6 Å². The van der Waals surface area contributed by atoms with Gasteiger partial charge in [-0.2, -0.15) is 13.2 Å². The Morgan fingerprint density at radius 1 is 1.03 bits per heavy atom. The number of carbonyl (C=O) groups is 1. The zero-order valence-electron chi connectivity index (χ0n) is 16.2. The molecule has 0 saturated carbocycles. The van der Waals surface area contributed by atoms with E-state index in [1.54, 1.807) is 24.5 Å². The number of benzene rings is 2. The SMILES string of the molecule is O=C(NCc1cccnc1)Nc1cccc(NS(=O)(=O)c2cc(C(F)(F)F)ccc2Cl)c1. The lowest BCUT2D eigenvalue weighted by molar-refractivity contribution is -0.137. The number of alkyl halides is 3. The van der Waals surface area contributed by atoms with E-state index in [4.69, 9.17) is 11.6 Å². The molecule has 3 rings (SSSR count). The van der Waals surface area contributed by atoms with Gasteiger partial charge in [0.25, 0.3) is 10.0 Å². The average Bonchev–Trinajstić information content (AvgIpc) is 2.72. The van der Waals surface area contributed by atoms with Gasteiger partial charge in [-0.05, 0) is 48.0 Å². The zero-order chi connectivity index (χ0) is 23.4. The number of nitrogens with zero attached hydrogens (tertiary/aromatic N) is 1. The van der Waals surface area contributed by atoms with Crippen molar-refractivity contribution in [3.63, 3.8) is 0 Å². The molecule has 0 saturated heterocycles. The third-order valence-electron chi connectivity index (χ3n) is 4.10. The number of halogens is 4. The first-order valence-electron chi connectivity index (χ1n) is 8.98. The van der Waals surface area contributed by atoms with E-state index in [1.165, 1.54) is 24.3 Å². The molecule has 1 aromatic heterocycles. The van der Waals surface area contributed by atoms with E-state index in [-0.39, 0.29) is 22.9 Å². The summed E-state index contributed by atoms with van der Waals surface area (Å²) in [6.07, 6.45) is -1.54. The Kier molecular flexibility index (Phi) is 6.90. The molecule has 3 aromatic rings. The molecule has 0 bridgehead atoms. The molecule has 2 aromatic carbocycles. The topological polar surface area (TPSA) is 100 Å². The van der Waals surface area contributed by atoms with E-state index in [9.17, 15) is 26.4 Å². The average molecular weight is 485 g/mol. The first-order chi connectivity index (χ1) is 15.0. The molecule has 2 amide bonds. The minimum atomic E-state index is -4.73. The van der Waals surface area contributed by atoms with Gasteiger partial charge in [-0.15, -0.1) is 0 Å². The minimum Gasteiger partial charge on any atom is -0.334 e. The second-order valence-electron chi connectivity index (χ2n) is 6.50. The lowest BCUT2D eigenvalue weighted by Gasteiger charge is -2.13. The Bertz CT molecular complexity index is 1220. The largest absolute Gasteiger partial charge is 0.416 e. The highest BCUT2D eigenvalue weighted by Gasteiger charge is 2.32. The van der Waals surface area contributed by atoms with Crippen LogP contribution in [0.25, 0.3) is 0 Å². The highest BCUT2D eigenvalue weighted by atomic mass is 35.5. The number of hydrogen-bond acceptors (Lipinski definition) is 4. The summed E-state index contributed by atoms with van der Waals surface area (Å²) in [4.78, 5) is 15.3. The fourth-order valence-electron chi connectivity index (χ4n) is 2.62. The van der Waals surface area contributed by atoms with Crippen molar-refractivity contribution in [2.75, 3.05) is 10.0 Å². The van der Waals surface area contributed by atoms with Crippen LogP contribution in [-0.4, -0.2) is 19.4 Å². The van der Waals surface area contributed by atoms with E-state index in [0.29, 0.717) is 12.1 Å². The summed E-state index contributed by atoms with van der Waals surface area (Å²) >= 11 is 5.83. The number of pyridine rings is 1. The number of hydrogen-bond donors (Lipinski definition) is 3. The van der Waals surface area contributed by atoms with Gasteiger partial charge in [0.1, 0.15) is 4.90 Å². The number of sulfonamides is 1. The standard InChI is InChI=1S/C20H16ClF3N4O3S/c21-17-7-6-14(20(22,23)24)9-18(17)32(30,31)28-16-5-1-4-15(10-16)27-19(29)26-12-13-3-2-8-25-11-13/h1-11,28H,12H2,(H2,26,27,29). The maximum Gasteiger partial charge on any atom is 0.416 e. The highest BCUT2D eigenvalue weighted by molar-refractivity contribution is 7.92. The lowest BCUT2D eigenvalue weighted by Crippen LogP contribution is -2.28. The van der Waals surface area contributed by atoms with Crippen molar-refractivity contribution in [2.45, 2.75) is 17.6 Å². The molecule has 3 N–H and O–H groups in total. The van der Waals surface area contributed by atoms with Gasteiger partial charge < -0.3 is 10.6 Å². The molecule has 0 unspecified atom stereocenters. The van der Waals surface area contributed by atoms with Gasteiger partial charge in [-0.3, -0.25) is 9.71 Å². The monoisotopic (exact) mass is 484 g/mol. The van der Waals surface area contributed by atoms with Gasteiger partial charge in [0, 0.05) is 24.6 Å². The molecule has 0 atom stereocenters. The molecule has 7 nitrogen and oxygen atoms in total. The number of aromatic nitrogens is 1. The number of nitrogens with one attached hydrogen (secondary N) is 3. The van der Waals surface area contributed by atoms with Crippen molar-refractivity contribution >= 4 is 39.0 Å². The zero-order valence-corrected chi connectivity index (χ0v) is 17.7. The van der Waals surface area contributed by atoms with Crippen molar-refractivity contribution in [1.29, 1.82) is 0 Å². The van der Waals surface area contributed by atoms with Crippen LogP contribution in [0.1, 0.15) is 11.1 Å². The maximum atomic E-state index is 13.0. The molecule has 1 heterocycles. The summed E-state index contributed by atoms with van der Waals surface area (Å²) in [5.74, 6) is 0. The highest BCUT2D eigenvalue weighted by Crippen LogP contribution is 2.34. The fraction of sp³-hybridized carbons (Fsp3) is 0.100. The smallest absolute Gasteiger partial charge is 0.334 e. The molecular formula is C20H16ClF3N4O3S. The predicted molar refractivity (Wildman–Crippen MR) is 114 cm³/mol. The maximum absolute atomic E-state index is 13.0. The second-order valence-corrected chi connectivity index (χ2v) is 8.56. The summed E-state index contributed by atoms with van der Waals surface area (Å²) in [5.41, 5.74) is -0.0994. The number of urea groups is 1.